The van der Waals surface area contributed by atoms with Crippen LogP contribution in [0.3, 0.4) is 0 Å². The molecule has 0 saturated carbocycles. The number of fused-ring (bicyclic) bond motifs is 1. The molecule has 2 N–H and O–H groups in total. The number of para-hydroxylation sites is 2. The molecular formula is C17H17N3O3. The maximum absolute atomic E-state index is 12.6. The van der Waals surface area contributed by atoms with Crippen LogP contribution in [0, 0.1) is 6.92 Å². The zero-order valence-electron chi connectivity index (χ0n) is 12.9. The van der Waals surface area contributed by atoms with Gasteiger partial charge in [0.05, 0.1) is 24.6 Å². The van der Waals surface area contributed by atoms with Crippen molar-refractivity contribution in [1.29, 1.82) is 0 Å². The molecule has 0 spiro atoms. The molecule has 0 fully saturated rings. The van der Waals surface area contributed by atoms with E-state index in [9.17, 15) is 9.90 Å². The van der Waals surface area contributed by atoms with Crippen molar-refractivity contribution in [1.82, 2.24) is 9.66 Å². The number of nitrogens with one attached hydrogen (secondary N) is 1. The summed E-state index contributed by atoms with van der Waals surface area (Å²) in [7, 11) is 1.49. The Hall–Kier alpha value is -3.02. The number of aromatic nitrogens is 2. The molecule has 0 bridgehead atoms. The van der Waals surface area contributed by atoms with Gasteiger partial charge in [-0.25, -0.2) is 9.66 Å². The van der Waals surface area contributed by atoms with Crippen LogP contribution in [-0.4, -0.2) is 21.9 Å². The van der Waals surface area contributed by atoms with Crippen LogP contribution in [0.1, 0.15) is 11.4 Å². The van der Waals surface area contributed by atoms with E-state index in [1.807, 2.05) is 12.1 Å². The van der Waals surface area contributed by atoms with Gasteiger partial charge < -0.3 is 15.3 Å². The van der Waals surface area contributed by atoms with Crippen LogP contribution in [0.15, 0.2) is 47.3 Å². The third-order valence-corrected chi connectivity index (χ3v) is 3.67. The first-order valence-corrected chi connectivity index (χ1v) is 7.19. The number of rotatable bonds is 4. The monoisotopic (exact) mass is 311 g/mol. The largest absolute Gasteiger partial charge is 0.504 e. The first-order chi connectivity index (χ1) is 11.1. The van der Waals surface area contributed by atoms with E-state index in [-0.39, 0.29) is 17.9 Å². The second-order valence-electron chi connectivity index (χ2n) is 5.12. The Morgan fingerprint density at radius 3 is 2.78 bits per heavy atom. The van der Waals surface area contributed by atoms with Crippen LogP contribution in [0.4, 0.5) is 0 Å². The van der Waals surface area contributed by atoms with E-state index in [0.29, 0.717) is 28.0 Å². The summed E-state index contributed by atoms with van der Waals surface area (Å²) in [5.41, 5.74) is 4.13. The minimum Gasteiger partial charge on any atom is -0.504 e. The predicted molar refractivity (Wildman–Crippen MR) is 88.5 cm³/mol. The maximum Gasteiger partial charge on any atom is 0.279 e. The first-order valence-electron chi connectivity index (χ1n) is 7.19. The Kier molecular flexibility index (Phi) is 3.89. The van der Waals surface area contributed by atoms with Crippen molar-refractivity contribution < 1.29 is 9.84 Å². The third kappa shape index (κ3) is 2.70. The fourth-order valence-corrected chi connectivity index (χ4v) is 2.47. The predicted octanol–water partition coefficient (Wildman–Crippen LogP) is 2.16. The summed E-state index contributed by atoms with van der Waals surface area (Å²) in [6.45, 7) is 2.02. The van der Waals surface area contributed by atoms with E-state index in [1.165, 1.54) is 11.8 Å². The molecule has 0 radical (unpaired) electrons. The van der Waals surface area contributed by atoms with Gasteiger partial charge in [0.2, 0.25) is 0 Å². The second kappa shape index (κ2) is 6.00. The number of aryl methyl sites for hydroxylation is 1. The lowest BCUT2D eigenvalue weighted by Crippen LogP contribution is -2.31. The summed E-state index contributed by atoms with van der Waals surface area (Å²) < 4.78 is 6.47. The van der Waals surface area contributed by atoms with Crippen molar-refractivity contribution >= 4 is 10.9 Å². The zero-order valence-corrected chi connectivity index (χ0v) is 12.9. The standard InChI is InChI=1S/C17H17N3O3/c1-11-19-14-8-4-3-7-13(14)17(22)20(11)18-10-12-6-5-9-15(23-2)16(12)21/h3-9,18,21H,10H2,1-2H3. The zero-order chi connectivity index (χ0) is 16.4. The van der Waals surface area contributed by atoms with Crippen LogP contribution in [0.2, 0.25) is 0 Å². The first kappa shape index (κ1) is 14.9. The smallest absolute Gasteiger partial charge is 0.279 e. The number of phenols is 1. The Bertz CT molecular complexity index is 919. The molecule has 23 heavy (non-hydrogen) atoms. The molecule has 0 aliphatic rings. The minimum atomic E-state index is -0.171. The summed E-state index contributed by atoms with van der Waals surface area (Å²) >= 11 is 0. The van der Waals surface area contributed by atoms with Crippen molar-refractivity contribution in [3.8, 4) is 11.5 Å². The lowest BCUT2D eigenvalue weighted by molar-refractivity contribution is 0.370. The molecule has 0 amide bonds. The fourth-order valence-electron chi connectivity index (χ4n) is 2.47. The highest BCUT2D eigenvalue weighted by Crippen LogP contribution is 2.29. The molecule has 3 rings (SSSR count). The quantitative estimate of drug-likeness (QED) is 0.772. The van der Waals surface area contributed by atoms with Gasteiger partial charge in [-0.05, 0) is 25.1 Å². The Labute approximate surface area is 133 Å². The highest BCUT2D eigenvalue weighted by atomic mass is 16.5. The molecular weight excluding hydrogens is 294 g/mol. The Morgan fingerprint density at radius 1 is 1.22 bits per heavy atom. The van der Waals surface area contributed by atoms with Gasteiger partial charge in [-0.3, -0.25) is 4.79 Å². The number of phenolic OH excluding ortho intramolecular Hbond substituents is 1. The van der Waals surface area contributed by atoms with Crippen molar-refractivity contribution in [2.45, 2.75) is 13.5 Å². The number of nitrogens with zero attached hydrogens (tertiary/aromatic N) is 2. The summed E-state index contributed by atoms with van der Waals surface area (Å²) in [6.07, 6.45) is 0. The molecule has 118 valence electrons. The number of hydrogen-bond acceptors (Lipinski definition) is 5. The Morgan fingerprint density at radius 2 is 2.00 bits per heavy atom. The molecule has 6 nitrogen and oxygen atoms in total. The fraction of sp³-hybridized carbons (Fsp3) is 0.176. The van der Waals surface area contributed by atoms with Crippen LogP contribution in [0.5, 0.6) is 11.5 Å². The van der Waals surface area contributed by atoms with Crippen molar-refractivity contribution in [3.05, 3.63) is 64.2 Å². The summed E-state index contributed by atoms with van der Waals surface area (Å²) in [4.78, 5) is 17.0. The topological polar surface area (TPSA) is 76.4 Å². The molecule has 1 aromatic heterocycles. The lowest BCUT2D eigenvalue weighted by atomic mass is 10.2. The van der Waals surface area contributed by atoms with Gasteiger partial charge in [-0.2, -0.15) is 0 Å². The van der Waals surface area contributed by atoms with Gasteiger partial charge in [-0.15, -0.1) is 0 Å². The van der Waals surface area contributed by atoms with Gasteiger partial charge in [0, 0.05) is 5.56 Å². The molecule has 0 aliphatic heterocycles. The Balaban J connectivity index is 1.95. The lowest BCUT2D eigenvalue weighted by Gasteiger charge is -2.14. The molecule has 0 aliphatic carbocycles. The van der Waals surface area contributed by atoms with Gasteiger partial charge in [0.25, 0.3) is 5.56 Å². The average Bonchev–Trinajstić information content (AvgIpc) is 2.56. The SMILES string of the molecule is COc1cccc(CNn2c(C)nc3ccccc3c2=O)c1O. The van der Waals surface area contributed by atoms with E-state index < -0.39 is 0 Å². The maximum atomic E-state index is 12.6. The van der Waals surface area contributed by atoms with E-state index in [2.05, 4.69) is 10.4 Å². The highest BCUT2D eigenvalue weighted by molar-refractivity contribution is 5.77. The molecule has 0 atom stereocenters. The summed E-state index contributed by atoms with van der Waals surface area (Å²) in [5, 5.41) is 10.7. The molecule has 1 heterocycles. The molecule has 2 aromatic carbocycles. The van der Waals surface area contributed by atoms with Gasteiger partial charge >= 0.3 is 0 Å². The van der Waals surface area contributed by atoms with Crippen molar-refractivity contribution in [2.24, 2.45) is 0 Å². The van der Waals surface area contributed by atoms with Gasteiger partial charge in [0.15, 0.2) is 11.5 Å². The van der Waals surface area contributed by atoms with Crippen molar-refractivity contribution in [3.63, 3.8) is 0 Å². The number of methoxy groups -OCH3 is 1. The summed E-state index contributed by atoms with van der Waals surface area (Å²) in [5.74, 6) is 1.00. The third-order valence-electron chi connectivity index (χ3n) is 3.67. The summed E-state index contributed by atoms with van der Waals surface area (Å²) in [6, 6.07) is 12.4. The van der Waals surface area contributed by atoms with E-state index in [4.69, 9.17) is 4.74 Å². The van der Waals surface area contributed by atoms with Crippen LogP contribution >= 0.6 is 0 Å². The van der Waals surface area contributed by atoms with Gasteiger partial charge in [0.1, 0.15) is 5.82 Å². The molecule has 0 saturated heterocycles. The minimum absolute atomic E-state index is 0.0574. The van der Waals surface area contributed by atoms with Crippen molar-refractivity contribution in [2.75, 3.05) is 12.5 Å². The number of benzene rings is 2. The van der Waals surface area contributed by atoms with Gasteiger partial charge in [-0.1, -0.05) is 24.3 Å². The molecule has 6 heteroatoms. The van der Waals surface area contributed by atoms with E-state index in [0.717, 1.165) is 0 Å². The average molecular weight is 311 g/mol. The number of ether oxygens (including phenoxy) is 1. The number of hydrogen-bond donors (Lipinski definition) is 2. The van der Waals surface area contributed by atoms with E-state index in [1.54, 1.807) is 37.3 Å². The highest BCUT2D eigenvalue weighted by Gasteiger charge is 2.10. The van der Waals surface area contributed by atoms with E-state index >= 15 is 0 Å². The second-order valence-corrected chi connectivity index (χ2v) is 5.12. The van der Waals surface area contributed by atoms with Crippen LogP contribution < -0.4 is 15.7 Å². The molecule has 3 aromatic rings. The molecule has 0 unspecified atom stereocenters. The van der Waals surface area contributed by atoms with Crippen LogP contribution in [-0.2, 0) is 6.54 Å². The number of aromatic hydroxyl groups is 1. The normalized spacial score (nSPS) is 10.7. The van der Waals surface area contributed by atoms with Crippen LogP contribution in [0.25, 0.3) is 10.9 Å².